The number of nitrogens with one attached hydrogen (secondary N) is 1. The summed E-state index contributed by atoms with van der Waals surface area (Å²) in [5.74, 6) is -0.719. The van der Waals surface area contributed by atoms with E-state index in [2.05, 4.69) is 4.57 Å². The zero-order valence-corrected chi connectivity index (χ0v) is 12.8. The van der Waals surface area contributed by atoms with Crippen LogP contribution in [0.5, 0.6) is 0 Å². The molecule has 2 saturated heterocycles. The number of hydrogen-bond donors (Lipinski definition) is 3. The number of carbonyl (C=O) groups is 1. The van der Waals surface area contributed by atoms with Crippen molar-refractivity contribution < 1.29 is 9.90 Å². The highest BCUT2D eigenvalue weighted by molar-refractivity contribution is 6.03. The molecular formula is C17H20N4O2. The monoisotopic (exact) mass is 312 g/mol. The number of piperidine rings is 1. The minimum absolute atomic E-state index is 0.166. The summed E-state index contributed by atoms with van der Waals surface area (Å²) >= 11 is 0. The molecule has 120 valence electrons. The van der Waals surface area contributed by atoms with Gasteiger partial charge in [-0.15, -0.1) is 0 Å². The zero-order chi connectivity index (χ0) is 16.1. The molecule has 2 aromatic rings. The summed E-state index contributed by atoms with van der Waals surface area (Å²) in [4.78, 5) is 13.6. The van der Waals surface area contributed by atoms with Gasteiger partial charge in [0.15, 0.2) is 5.96 Å². The number of benzene rings is 1. The van der Waals surface area contributed by atoms with Crippen LogP contribution in [0.25, 0.3) is 10.9 Å². The molecule has 2 bridgehead atoms. The molecule has 0 spiro atoms. The summed E-state index contributed by atoms with van der Waals surface area (Å²) < 4.78 is 2.13. The molecule has 2 aliphatic heterocycles. The van der Waals surface area contributed by atoms with E-state index in [1.165, 1.54) is 0 Å². The van der Waals surface area contributed by atoms with Crippen LogP contribution in [0, 0.1) is 5.41 Å². The Morgan fingerprint density at radius 3 is 2.43 bits per heavy atom. The number of hydrogen-bond acceptors (Lipinski definition) is 2. The average Bonchev–Trinajstić information content (AvgIpc) is 3.03. The number of carboxylic acid groups (broad SMARTS) is 1. The van der Waals surface area contributed by atoms with Crippen LogP contribution in [-0.2, 0) is 0 Å². The molecule has 2 atom stereocenters. The number of carboxylic acids is 1. The van der Waals surface area contributed by atoms with E-state index in [1.807, 2.05) is 29.2 Å². The van der Waals surface area contributed by atoms with Gasteiger partial charge >= 0.3 is 5.97 Å². The Labute approximate surface area is 134 Å². The lowest BCUT2D eigenvalue weighted by Crippen LogP contribution is -2.49. The topological polar surface area (TPSA) is 95.3 Å². The summed E-state index contributed by atoms with van der Waals surface area (Å²) in [6, 6.07) is 8.54. The third-order valence-electron chi connectivity index (χ3n) is 5.35. The van der Waals surface area contributed by atoms with Crippen LogP contribution in [0.15, 0.2) is 30.5 Å². The third kappa shape index (κ3) is 2.09. The Kier molecular flexibility index (Phi) is 3.07. The second-order valence-corrected chi connectivity index (χ2v) is 6.58. The molecule has 0 saturated carbocycles. The highest BCUT2D eigenvalue weighted by Crippen LogP contribution is 2.42. The van der Waals surface area contributed by atoms with E-state index in [0.717, 1.165) is 36.6 Å². The average molecular weight is 312 g/mol. The third-order valence-corrected chi connectivity index (χ3v) is 5.35. The number of rotatable bonds is 2. The highest BCUT2D eigenvalue weighted by atomic mass is 16.4. The van der Waals surface area contributed by atoms with Gasteiger partial charge in [-0.1, -0.05) is 18.2 Å². The molecule has 0 aliphatic carbocycles. The van der Waals surface area contributed by atoms with E-state index in [4.69, 9.17) is 11.1 Å². The van der Waals surface area contributed by atoms with Crippen LogP contribution in [-0.4, -0.2) is 38.6 Å². The van der Waals surface area contributed by atoms with Crippen molar-refractivity contribution in [2.75, 3.05) is 0 Å². The van der Waals surface area contributed by atoms with E-state index in [9.17, 15) is 9.90 Å². The van der Waals surface area contributed by atoms with Crippen LogP contribution >= 0.6 is 0 Å². The van der Waals surface area contributed by atoms with Crippen LogP contribution in [0.1, 0.15) is 42.1 Å². The Bertz CT molecular complexity index is 783. The van der Waals surface area contributed by atoms with E-state index in [0.29, 0.717) is 17.6 Å². The van der Waals surface area contributed by atoms with Gasteiger partial charge in [0.1, 0.15) is 0 Å². The number of aromatic carboxylic acids is 1. The fourth-order valence-corrected chi connectivity index (χ4v) is 4.45. The first kappa shape index (κ1) is 14.1. The van der Waals surface area contributed by atoms with Crippen molar-refractivity contribution in [3.8, 4) is 0 Å². The first-order valence-electron chi connectivity index (χ1n) is 8.01. The maximum Gasteiger partial charge on any atom is 0.337 e. The van der Waals surface area contributed by atoms with Gasteiger partial charge in [0.05, 0.1) is 5.56 Å². The Hall–Kier alpha value is -2.50. The molecule has 2 unspecified atom stereocenters. The first-order valence-corrected chi connectivity index (χ1v) is 8.01. The summed E-state index contributed by atoms with van der Waals surface area (Å²) in [5.41, 5.74) is 7.07. The lowest BCUT2D eigenvalue weighted by Gasteiger charge is -2.40. The Morgan fingerprint density at radius 2 is 1.83 bits per heavy atom. The van der Waals surface area contributed by atoms with Crippen molar-refractivity contribution >= 4 is 22.8 Å². The molecule has 6 heteroatoms. The van der Waals surface area contributed by atoms with Crippen LogP contribution < -0.4 is 5.73 Å². The molecule has 2 aliphatic rings. The van der Waals surface area contributed by atoms with Crippen LogP contribution in [0.4, 0.5) is 0 Å². The minimum atomic E-state index is -0.885. The minimum Gasteiger partial charge on any atom is -0.478 e. The van der Waals surface area contributed by atoms with E-state index in [-0.39, 0.29) is 12.0 Å². The fourth-order valence-electron chi connectivity index (χ4n) is 4.45. The maximum absolute atomic E-state index is 11.5. The van der Waals surface area contributed by atoms with Crippen molar-refractivity contribution in [1.82, 2.24) is 9.47 Å². The van der Waals surface area contributed by atoms with Crippen molar-refractivity contribution in [3.63, 3.8) is 0 Å². The second kappa shape index (κ2) is 5.01. The predicted octanol–water partition coefficient (Wildman–Crippen LogP) is 2.40. The lowest BCUT2D eigenvalue weighted by atomic mass is 9.97. The SMILES string of the molecule is N=C(N)N1C2CCC1CC(n1cc(C(=O)O)c3ccccc31)C2. The van der Waals surface area contributed by atoms with Gasteiger partial charge in [-0.3, -0.25) is 5.41 Å². The molecule has 4 rings (SSSR count). The molecule has 0 amide bonds. The van der Waals surface area contributed by atoms with Gasteiger partial charge < -0.3 is 20.3 Å². The first-order chi connectivity index (χ1) is 11.1. The van der Waals surface area contributed by atoms with Gasteiger partial charge in [0.2, 0.25) is 0 Å². The molecular weight excluding hydrogens is 292 g/mol. The van der Waals surface area contributed by atoms with Crippen molar-refractivity contribution in [1.29, 1.82) is 5.41 Å². The maximum atomic E-state index is 11.5. The van der Waals surface area contributed by atoms with Crippen LogP contribution in [0.2, 0.25) is 0 Å². The molecule has 3 heterocycles. The molecule has 1 aromatic heterocycles. The van der Waals surface area contributed by atoms with Gasteiger partial charge in [-0.2, -0.15) is 0 Å². The summed E-state index contributed by atoms with van der Waals surface area (Å²) in [5, 5.41) is 18.0. The molecule has 2 fully saturated rings. The Balaban J connectivity index is 1.74. The number of fused-ring (bicyclic) bond motifs is 3. The highest BCUT2D eigenvalue weighted by Gasteiger charge is 2.42. The summed E-state index contributed by atoms with van der Waals surface area (Å²) in [6.07, 6.45) is 5.72. The molecule has 1 aromatic carbocycles. The molecule has 0 radical (unpaired) electrons. The number of guanidine groups is 1. The number of nitrogens with two attached hydrogens (primary N) is 1. The molecule has 23 heavy (non-hydrogen) atoms. The zero-order valence-electron chi connectivity index (χ0n) is 12.8. The predicted molar refractivity (Wildman–Crippen MR) is 87.7 cm³/mol. The van der Waals surface area contributed by atoms with Gasteiger partial charge in [0, 0.05) is 35.2 Å². The normalized spacial score (nSPS) is 26.6. The van der Waals surface area contributed by atoms with Gasteiger partial charge in [-0.05, 0) is 31.7 Å². The summed E-state index contributed by atoms with van der Waals surface area (Å²) in [7, 11) is 0. The molecule has 6 nitrogen and oxygen atoms in total. The van der Waals surface area contributed by atoms with Crippen molar-refractivity contribution in [3.05, 3.63) is 36.0 Å². The van der Waals surface area contributed by atoms with Crippen LogP contribution in [0.3, 0.4) is 0 Å². The molecule has 4 N–H and O–H groups in total. The second-order valence-electron chi connectivity index (χ2n) is 6.58. The van der Waals surface area contributed by atoms with Gasteiger partial charge in [-0.25, -0.2) is 4.79 Å². The number of nitrogens with zero attached hydrogens (tertiary/aromatic N) is 2. The summed E-state index contributed by atoms with van der Waals surface area (Å²) in [6.45, 7) is 0. The van der Waals surface area contributed by atoms with Crippen molar-refractivity contribution in [2.24, 2.45) is 5.73 Å². The Morgan fingerprint density at radius 1 is 1.17 bits per heavy atom. The smallest absolute Gasteiger partial charge is 0.337 e. The van der Waals surface area contributed by atoms with E-state index >= 15 is 0 Å². The lowest BCUT2D eigenvalue weighted by molar-refractivity contribution is 0.0698. The quantitative estimate of drug-likeness (QED) is 0.586. The fraction of sp³-hybridized carbons (Fsp3) is 0.412. The largest absolute Gasteiger partial charge is 0.478 e. The van der Waals surface area contributed by atoms with Gasteiger partial charge in [0.25, 0.3) is 0 Å². The number of aromatic nitrogens is 1. The van der Waals surface area contributed by atoms with Crippen molar-refractivity contribution in [2.45, 2.75) is 43.8 Å². The van der Waals surface area contributed by atoms with E-state index in [1.54, 1.807) is 6.20 Å². The van der Waals surface area contributed by atoms with E-state index < -0.39 is 5.97 Å². The number of para-hydroxylation sites is 1. The standard InChI is InChI=1S/C17H20N4O2/c18-17(19)21-10-5-6-11(21)8-12(7-10)20-9-14(16(22)23)13-3-1-2-4-15(13)20/h1-4,9-12H,5-8H2,(H3,18,19)(H,22,23).